The third kappa shape index (κ3) is 3.46. The van der Waals surface area contributed by atoms with Gasteiger partial charge in [0.2, 0.25) is 5.76 Å². The van der Waals surface area contributed by atoms with Crippen LogP contribution in [0.5, 0.6) is 0 Å². The molecule has 0 fully saturated rings. The Balaban J connectivity index is 1.85. The Morgan fingerprint density at radius 2 is 1.96 bits per heavy atom. The van der Waals surface area contributed by atoms with Crippen molar-refractivity contribution in [3.05, 3.63) is 79.6 Å². The second kappa shape index (κ2) is 6.56. The van der Waals surface area contributed by atoms with Crippen LogP contribution in [0.15, 0.2) is 62.2 Å². The molecule has 23 heavy (non-hydrogen) atoms. The lowest BCUT2D eigenvalue weighted by Crippen LogP contribution is -2.10. The second-order valence-corrected chi connectivity index (χ2v) is 6.07. The predicted molar refractivity (Wildman–Crippen MR) is 90.8 cm³/mol. The molecule has 6 heteroatoms. The van der Waals surface area contributed by atoms with Crippen LogP contribution in [0.4, 0.5) is 0 Å². The van der Waals surface area contributed by atoms with Crippen molar-refractivity contribution in [3.8, 4) is 0 Å². The minimum atomic E-state index is -0.699. The highest BCUT2D eigenvalue weighted by Crippen LogP contribution is 2.19. The van der Waals surface area contributed by atoms with Crippen molar-refractivity contribution >= 4 is 44.5 Å². The van der Waals surface area contributed by atoms with Crippen molar-refractivity contribution in [3.63, 3.8) is 0 Å². The molecule has 4 nitrogen and oxygen atoms in total. The molecule has 3 aromatic rings. The van der Waals surface area contributed by atoms with Gasteiger partial charge in [0.25, 0.3) is 0 Å². The number of fused-ring (bicyclic) bond motifs is 1. The maximum atomic E-state index is 12.1. The molecule has 0 radical (unpaired) electrons. The Morgan fingerprint density at radius 1 is 1.17 bits per heavy atom. The lowest BCUT2D eigenvalue weighted by molar-refractivity contribution is 0.0436. The zero-order valence-corrected chi connectivity index (χ0v) is 14.1. The predicted octanol–water partition coefficient (Wildman–Crippen LogP) is 4.57. The van der Waals surface area contributed by atoms with Crippen LogP contribution < -0.4 is 5.43 Å². The first-order chi connectivity index (χ1) is 11.0. The number of rotatable bonds is 3. The normalized spacial score (nSPS) is 10.7. The van der Waals surface area contributed by atoms with Gasteiger partial charge in [-0.1, -0.05) is 45.7 Å². The molecule has 0 spiro atoms. The van der Waals surface area contributed by atoms with Crippen molar-refractivity contribution in [1.82, 2.24) is 0 Å². The van der Waals surface area contributed by atoms with Gasteiger partial charge in [0.05, 0.1) is 5.39 Å². The monoisotopic (exact) mass is 392 g/mol. The fraction of sp³-hybridized carbons (Fsp3) is 0.0588. The summed E-state index contributed by atoms with van der Waals surface area (Å²) in [7, 11) is 0. The molecule has 0 bridgehead atoms. The highest BCUT2D eigenvalue weighted by molar-refractivity contribution is 9.10. The van der Waals surface area contributed by atoms with E-state index in [2.05, 4.69) is 15.9 Å². The Labute approximate surface area is 144 Å². The minimum Gasteiger partial charge on any atom is -0.455 e. The van der Waals surface area contributed by atoms with E-state index in [-0.39, 0.29) is 23.4 Å². The van der Waals surface area contributed by atoms with Crippen molar-refractivity contribution in [2.45, 2.75) is 6.61 Å². The molecule has 0 saturated heterocycles. The largest absolute Gasteiger partial charge is 0.455 e. The number of hydrogen-bond acceptors (Lipinski definition) is 4. The van der Waals surface area contributed by atoms with Gasteiger partial charge < -0.3 is 9.15 Å². The van der Waals surface area contributed by atoms with Crippen LogP contribution >= 0.6 is 27.5 Å². The van der Waals surface area contributed by atoms with Gasteiger partial charge in [0.1, 0.15) is 12.2 Å². The summed E-state index contributed by atoms with van der Waals surface area (Å²) in [4.78, 5) is 24.1. The van der Waals surface area contributed by atoms with Gasteiger partial charge >= 0.3 is 5.97 Å². The van der Waals surface area contributed by atoms with Crippen LogP contribution in [-0.2, 0) is 11.3 Å². The summed E-state index contributed by atoms with van der Waals surface area (Å²) in [6.45, 7) is 0.0720. The molecular formula is C17H10BrClO4. The van der Waals surface area contributed by atoms with E-state index in [0.29, 0.717) is 10.4 Å². The standard InChI is InChI=1S/C17H10BrClO4/c18-13-4-2-1-3-10(13)9-22-17(21)16-8-14(20)12-7-11(19)5-6-15(12)23-16/h1-8H,9H2. The maximum absolute atomic E-state index is 12.1. The summed E-state index contributed by atoms with van der Waals surface area (Å²) in [5.74, 6) is -0.841. The summed E-state index contributed by atoms with van der Waals surface area (Å²) < 4.78 is 11.5. The first-order valence-electron chi connectivity index (χ1n) is 6.68. The van der Waals surface area contributed by atoms with Crippen LogP contribution in [0.1, 0.15) is 16.1 Å². The van der Waals surface area contributed by atoms with E-state index in [4.69, 9.17) is 20.8 Å². The quantitative estimate of drug-likeness (QED) is 0.612. The molecule has 0 unspecified atom stereocenters. The van der Waals surface area contributed by atoms with Gasteiger partial charge in [-0.05, 0) is 24.3 Å². The van der Waals surface area contributed by atoms with Crippen LogP contribution in [0.3, 0.4) is 0 Å². The zero-order valence-electron chi connectivity index (χ0n) is 11.7. The fourth-order valence-corrected chi connectivity index (χ4v) is 2.63. The van der Waals surface area contributed by atoms with Crippen molar-refractivity contribution in [2.75, 3.05) is 0 Å². The SMILES string of the molecule is O=C(OCc1ccccc1Br)c1cc(=O)c2cc(Cl)ccc2o1. The zero-order chi connectivity index (χ0) is 16.4. The number of ether oxygens (including phenoxy) is 1. The number of esters is 1. The molecule has 1 aromatic heterocycles. The summed E-state index contributed by atoms with van der Waals surface area (Å²) in [5.41, 5.74) is 0.757. The van der Waals surface area contributed by atoms with Crippen molar-refractivity contribution in [2.24, 2.45) is 0 Å². The molecular weight excluding hydrogens is 384 g/mol. The minimum absolute atomic E-state index is 0.0720. The third-order valence-corrected chi connectivity index (χ3v) is 4.22. The molecule has 0 aliphatic carbocycles. The maximum Gasteiger partial charge on any atom is 0.374 e. The Morgan fingerprint density at radius 3 is 2.74 bits per heavy atom. The van der Waals surface area contributed by atoms with Gasteiger partial charge in [-0.2, -0.15) is 0 Å². The molecule has 2 aromatic carbocycles. The molecule has 3 rings (SSSR count). The fourth-order valence-electron chi connectivity index (χ4n) is 2.06. The van der Waals surface area contributed by atoms with E-state index >= 15 is 0 Å². The summed E-state index contributed by atoms with van der Waals surface area (Å²) in [5, 5.41) is 0.744. The summed E-state index contributed by atoms with van der Waals surface area (Å²) >= 11 is 9.23. The Hall–Kier alpha value is -2.11. The van der Waals surface area contributed by atoms with Gasteiger partial charge in [-0.3, -0.25) is 4.79 Å². The average Bonchev–Trinajstić information content (AvgIpc) is 2.54. The molecule has 0 saturated carbocycles. The molecule has 0 N–H and O–H groups in total. The van der Waals surface area contributed by atoms with Crippen molar-refractivity contribution in [1.29, 1.82) is 0 Å². The molecule has 1 heterocycles. The Kier molecular flexibility index (Phi) is 4.50. The van der Waals surface area contributed by atoms with Gasteiger partial charge in [-0.25, -0.2) is 4.79 Å². The van der Waals surface area contributed by atoms with E-state index in [9.17, 15) is 9.59 Å². The number of carbonyl (C=O) groups excluding carboxylic acids is 1. The van der Waals surface area contributed by atoms with E-state index < -0.39 is 5.97 Å². The van der Waals surface area contributed by atoms with E-state index in [0.717, 1.165) is 16.1 Å². The molecule has 0 amide bonds. The number of benzene rings is 2. The average molecular weight is 394 g/mol. The van der Waals surface area contributed by atoms with Gasteiger partial charge in [0, 0.05) is 21.1 Å². The highest BCUT2D eigenvalue weighted by Gasteiger charge is 2.14. The lowest BCUT2D eigenvalue weighted by Gasteiger charge is -2.06. The number of carbonyl (C=O) groups is 1. The molecule has 0 atom stereocenters. The first kappa shape index (κ1) is 15.8. The number of hydrogen-bond donors (Lipinski definition) is 0. The van der Waals surface area contributed by atoms with Crippen LogP contribution in [-0.4, -0.2) is 5.97 Å². The van der Waals surface area contributed by atoms with Gasteiger partial charge in [-0.15, -0.1) is 0 Å². The van der Waals surface area contributed by atoms with Crippen LogP contribution in [0.2, 0.25) is 5.02 Å². The summed E-state index contributed by atoms with van der Waals surface area (Å²) in [6, 6.07) is 13.1. The third-order valence-electron chi connectivity index (χ3n) is 3.21. The molecule has 0 aliphatic heterocycles. The van der Waals surface area contributed by atoms with Crippen molar-refractivity contribution < 1.29 is 13.9 Å². The topological polar surface area (TPSA) is 56.5 Å². The summed E-state index contributed by atoms with van der Waals surface area (Å²) in [6.07, 6.45) is 0. The number of halogens is 2. The van der Waals surface area contributed by atoms with E-state index in [1.165, 1.54) is 6.07 Å². The molecule has 116 valence electrons. The molecule has 0 aliphatic rings. The smallest absolute Gasteiger partial charge is 0.374 e. The Bertz CT molecular complexity index is 949. The first-order valence-corrected chi connectivity index (χ1v) is 7.85. The lowest BCUT2D eigenvalue weighted by atomic mass is 10.2. The van der Waals surface area contributed by atoms with Crippen LogP contribution in [0.25, 0.3) is 11.0 Å². The van der Waals surface area contributed by atoms with E-state index in [1.54, 1.807) is 12.1 Å². The van der Waals surface area contributed by atoms with E-state index in [1.807, 2.05) is 24.3 Å². The highest BCUT2D eigenvalue weighted by atomic mass is 79.9. The van der Waals surface area contributed by atoms with Gasteiger partial charge in [0.15, 0.2) is 5.43 Å². The van der Waals surface area contributed by atoms with Crippen LogP contribution in [0, 0.1) is 0 Å². The second-order valence-electron chi connectivity index (χ2n) is 4.78.